The first-order valence-electron chi connectivity index (χ1n) is 8.38. The van der Waals surface area contributed by atoms with Crippen molar-refractivity contribution in [2.75, 3.05) is 27.2 Å². The number of hydrogen-bond donors (Lipinski definition) is 1. The van der Waals surface area contributed by atoms with E-state index in [4.69, 9.17) is 4.74 Å². The monoisotopic (exact) mass is 429 g/mol. The SMILES string of the molecule is CN=C(NCc1ccc(OC)cc1)N1CC2CCCCC2C1.I. The van der Waals surface area contributed by atoms with Crippen LogP contribution in [0.5, 0.6) is 5.75 Å². The van der Waals surface area contributed by atoms with Crippen molar-refractivity contribution in [1.29, 1.82) is 0 Å². The number of aliphatic imine (C=N–C) groups is 1. The van der Waals surface area contributed by atoms with E-state index < -0.39 is 0 Å². The van der Waals surface area contributed by atoms with Gasteiger partial charge in [-0.3, -0.25) is 4.99 Å². The number of fused-ring (bicyclic) bond motifs is 1. The molecule has 0 amide bonds. The zero-order valence-electron chi connectivity index (χ0n) is 14.1. The molecular formula is C18H28IN3O. The van der Waals surface area contributed by atoms with Crippen LogP contribution in [0.4, 0.5) is 0 Å². The van der Waals surface area contributed by atoms with Crippen LogP contribution in [-0.4, -0.2) is 38.1 Å². The van der Waals surface area contributed by atoms with Gasteiger partial charge >= 0.3 is 0 Å². The number of ether oxygens (including phenoxy) is 1. The van der Waals surface area contributed by atoms with E-state index in [1.54, 1.807) is 7.11 Å². The number of rotatable bonds is 3. The molecule has 0 spiro atoms. The fourth-order valence-electron chi connectivity index (χ4n) is 3.84. The molecule has 0 bridgehead atoms. The first-order chi connectivity index (χ1) is 10.8. The number of halogens is 1. The van der Waals surface area contributed by atoms with Gasteiger partial charge in [0.25, 0.3) is 0 Å². The summed E-state index contributed by atoms with van der Waals surface area (Å²) in [7, 11) is 3.58. The number of benzene rings is 1. The standard InChI is InChI=1S/C18H27N3O.HI/c1-19-18(20-11-14-7-9-17(22-2)10-8-14)21-12-15-5-3-4-6-16(15)13-21;/h7-10,15-16H,3-6,11-13H2,1-2H3,(H,19,20);1H. The molecule has 5 heteroatoms. The van der Waals surface area contributed by atoms with Crippen molar-refractivity contribution in [3.63, 3.8) is 0 Å². The van der Waals surface area contributed by atoms with Gasteiger partial charge in [0.05, 0.1) is 7.11 Å². The second-order valence-electron chi connectivity index (χ2n) is 6.46. The first kappa shape index (κ1) is 18.4. The highest BCUT2D eigenvalue weighted by molar-refractivity contribution is 14.0. The predicted molar refractivity (Wildman–Crippen MR) is 106 cm³/mol. The fourth-order valence-corrected chi connectivity index (χ4v) is 3.84. The lowest BCUT2D eigenvalue weighted by Crippen LogP contribution is -2.39. The predicted octanol–water partition coefficient (Wildman–Crippen LogP) is 3.51. The maximum absolute atomic E-state index is 5.20. The van der Waals surface area contributed by atoms with E-state index in [0.717, 1.165) is 30.1 Å². The van der Waals surface area contributed by atoms with Gasteiger partial charge in [0.15, 0.2) is 5.96 Å². The highest BCUT2D eigenvalue weighted by Gasteiger charge is 2.35. The Labute approximate surface area is 156 Å². The summed E-state index contributed by atoms with van der Waals surface area (Å²) in [5.41, 5.74) is 1.25. The zero-order valence-corrected chi connectivity index (χ0v) is 16.5. The summed E-state index contributed by atoms with van der Waals surface area (Å²) in [5.74, 6) is 3.71. The fraction of sp³-hybridized carbons (Fsp3) is 0.611. The Morgan fingerprint density at radius 1 is 1.17 bits per heavy atom. The topological polar surface area (TPSA) is 36.9 Å². The molecule has 1 aromatic rings. The van der Waals surface area contributed by atoms with Crippen LogP contribution in [0.1, 0.15) is 31.2 Å². The smallest absolute Gasteiger partial charge is 0.193 e. The van der Waals surface area contributed by atoms with Crippen molar-refractivity contribution in [3.05, 3.63) is 29.8 Å². The molecule has 0 radical (unpaired) electrons. The van der Waals surface area contributed by atoms with E-state index in [0.29, 0.717) is 0 Å². The molecule has 23 heavy (non-hydrogen) atoms. The second-order valence-corrected chi connectivity index (χ2v) is 6.46. The van der Waals surface area contributed by atoms with E-state index in [2.05, 4.69) is 27.3 Å². The van der Waals surface area contributed by atoms with Gasteiger partial charge in [0.1, 0.15) is 5.75 Å². The second kappa shape index (κ2) is 8.76. The Kier molecular flexibility index (Phi) is 6.99. The molecule has 1 saturated carbocycles. The van der Waals surface area contributed by atoms with Crippen LogP contribution in [0.3, 0.4) is 0 Å². The van der Waals surface area contributed by atoms with Gasteiger partial charge in [-0.25, -0.2) is 0 Å². The minimum atomic E-state index is 0. The number of likely N-dealkylation sites (tertiary alicyclic amines) is 1. The summed E-state index contributed by atoms with van der Waals surface area (Å²) in [6.45, 7) is 3.16. The first-order valence-corrected chi connectivity index (χ1v) is 8.38. The normalized spacial score (nSPS) is 23.9. The number of nitrogens with zero attached hydrogens (tertiary/aromatic N) is 2. The van der Waals surface area contributed by atoms with Crippen LogP contribution in [-0.2, 0) is 6.54 Å². The minimum Gasteiger partial charge on any atom is -0.497 e. The van der Waals surface area contributed by atoms with Crippen molar-refractivity contribution in [2.45, 2.75) is 32.2 Å². The van der Waals surface area contributed by atoms with Gasteiger partial charge in [0, 0.05) is 26.7 Å². The third kappa shape index (κ3) is 4.52. The molecule has 1 aromatic carbocycles. The molecule has 1 saturated heterocycles. The van der Waals surface area contributed by atoms with E-state index in [9.17, 15) is 0 Å². The van der Waals surface area contributed by atoms with Gasteiger partial charge in [-0.15, -0.1) is 24.0 Å². The third-order valence-corrected chi connectivity index (χ3v) is 5.10. The lowest BCUT2D eigenvalue weighted by molar-refractivity contribution is 0.299. The van der Waals surface area contributed by atoms with Crippen LogP contribution >= 0.6 is 24.0 Å². The molecule has 4 nitrogen and oxygen atoms in total. The molecule has 1 heterocycles. The molecule has 2 atom stereocenters. The number of guanidine groups is 1. The molecule has 128 valence electrons. The Morgan fingerprint density at radius 3 is 2.30 bits per heavy atom. The molecule has 2 fully saturated rings. The maximum Gasteiger partial charge on any atom is 0.193 e. The molecular weight excluding hydrogens is 401 g/mol. The summed E-state index contributed by atoms with van der Waals surface area (Å²) in [4.78, 5) is 6.93. The van der Waals surface area contributed by atoms with Gasteiger partial charge in [-0.05, 0) is 42.4 Å². The van der Waals surface area contributed by atoms with Crippen LogP contribution < -0.4 is 10.1 Å². The summed E-state index contributed by atoms with van der Waals surface area (Å²) in [6, 6.07) is 8.21. The number of methoxy groups -OCH3 is 1. The number of hydrogen-bond acceptors (Lipinski definition) is 2. The van der Waals surface area contributed by atoms with Crippen LogP contribution in [0.2, 0.25) is 0 Å². The summed E-state index contributed by atoms with van der Waals surface area (Å²) < 4.78 is 5.20. The van der Waals surface area contributed by atoms with Crippen molar-refractivity contribution in [1.82, 2.24) is 10.2 Å². The Bertz CT molecular complexity index is 504. The highest BCUT2D eigenvalue weighted by Crippen LogP contribution is 2.35. The quantitative estimate of drug-likeness (QED) is 0.454. The largest absolute Gasteiger partial charge is 0.497 e. The molecule has 1 N–H and O–H groups in total. The molecule has 0 aromatic heterocycles. The van der Waals surface area contributed by atoms with E-state index >= 15 is 0 Å². The van der Waals surface area contributed by atoms with Gasteiger partial charge < -0.3 is 15.0 Å². The van der Waals surface area contributed by atoms with Crippen molar-refractivity contribution >= 4 is 29.9 Å². The maximum atomic E-state index is 5.20. The van der Waals surface area contributed by atoms with E-state index in [1.807, 2.05) is 19.2 Å². The molecule has 1 aliphatic heterocycles. The lowest BCUT2D eigenvalue weighted by atomic mass is 9.82. The zero-order chi connectivity index (χ0) is 15.4. The Hall–Kier alpha value is -0.980. The average Bonchev–Trinajstić information content (AvgIpc) is 3.00. The van der Waals surface area contributed by atoms with Crippen LogP contribution in [0.25, 0.3) is 0 Å². The summed E-state index contributed by atoms with van der Waals surface area (Å²) in [5, 5.41) is 3.51. The van der Waals surface area contributed by atoms with Gasteiger partial charge in [-0.1, -0.05) is 25.0 Å². The van der Waals surface area contributed by atoms with Crippen LogP contribution in [0, 0.1) is 11.8 Å². The summed E-state index contributed by atoms with van der Waals surface area (Å²) in [6.07, 6.45) is 5.62. The van der Waals surface area contributed by atoms with E-state index in [-0.39, 0.29) is 24.0 Å². The Balaban J connectivity index is 0.00000192. The molecule has 1 aliphatic carbocycles. The lowest BCUT2D eigenvalue weighted by Gasteiger charge is -2.22. The molecule has 2 unspecified atom stereocenters. The molecule has 3 rings (SSSR count). The third-order valence-electron chi connectivity index (χ3n) is 5.10. The summed E-state index contributed by atoms with van der Waals surface area (Å²) >= 11 is 0. The van der Waals surface area contributed by atoms with Gasteiger partial charge in [-0.2, -0.15) is 0 Å². The molecule has 2 aliphatic rings. The Morgan fingerprint density at radius 2 is 1.78 bits per heavy atom. The minimum absolute atomic E-state index is 0. The van der Waals surface area contributed by atoms with E-state index in [1.165, 1.54) is 44.3 Å². The van der Waals surface area contributed by atoms with Crippen molar-refractivity contribution in [2.24, 2.45) is 16.8 Å². The highest BCUT2D eigenvalue weighted by atomic mass is 127. The van der Waals surface area contributed by atoms with Crippen LogP contribution in [0.15, 0.2) is 29.3 Å². The van der Waals surface area contributed by atoms with Crippen molar-refractivity contribution < 1.29 is 4.74 Å². The average molecular weight is 429 g/mol. The van der Waals surface area contributed by atoms with Gasteiger partial charge in [0.2, 0.25) is 0 Å². The van der Waals surface area contributed by atoms with Crippen molar-refractivity contribution in [3.8, 4) is 5.75 Å². The number of nitrogens with one attached hydrogen (secondary N) is 1.